The normalized spacial score (nSPS) is 25.2. The molecule has 1 saturated heterocycles. The molecular weight excluding hydrogens is 460 g/mol. The first-order chi connectivity index (χ1) is 17.4. The van der Waals surface area contributed by atoms with Crippen molar-refractivity contribution >= 4 is 5.57 Å². The molecule has 1 aliphatic carbocycles. The van der Waals surface area contributed by atoms with Crippen LogP contribution >= 0.6 is 0 Å². The van der Waals surface area contributed by atoms with E-state index in [1.54, 1.807) is 18.2 Å². The molecule has 5 rings (SSSR count). The second-order valence-electron chi connectivity index (χ2n) is 10.4. The maximum atomic E-state index is 13.8. The minimum absolute atomic E-state index is 0.0410. The molecule has 4 nitrogen and oxygen atoms in total. The number of hydrogen-bond donors (Lipinski definition) is 1. The average Bonchev–Trinajstić information content (AvgIpc) is 3.38. The van der Waals surface area contributed by atoms with Gasteiger partial charge in [-0.1, -0.05) is 18.2 Å². The highest BCUT2D eigenvalue weighted by molar-refractivity contribution is 5.76. The van der Waals surface area contributed by atoms with E-state index in [0.717, 1.165) is 59.7 Å². The van der Waals surface area contributed by atoms with E-state index in [1.165, 1.54) is 0 Å². The lowest BCUT2D eigenvalue weighted by molar-refractivity contribution is 0.165. The number of phenolic OH excluding ortho intramolecular Hbond substituents is 1. The van der Waals surface area contributed by atoms with Crippen LogP contribution < -0.4 is 9.47 Å². The van der Waals surface area contributed by atoms with Crippen LogP contribution in [0.3, 0.4) is 0 Å². The number of alkyl halides is 1. The molecule has 4 atom stereocenters. The molecule has 2 aromatic carbocycles. The monoisotopic (exact) mass is 495 g/mol. The highest BCUT2D eigenvalue weighted by atomic mass is 19.1. The molecule has 0 spiro atoms. The summed E-state index contributed by atoms with van der Waals surface area (Å²) in [5.74, 6) is 2.02. The Kier molecular flexibility index (Phi) is 7.33. The highest BCUT2D eigenvalue weighted by Gasteiger charge is 2.34. The van der Waals surface area contributed by atoms with Gasteiger partial charge in [0.1, 0.15) is 30.0 Å². The fourth-order valence-corrected chi connectivity index (χ4v) is 5.76. The van der Waals surface area contributed by atoms with E-state index >= 15 is 0 Å². The third-order valence-electron chi connectivity index (χ3n) is 7.96. The Bertz CT molecular complexity index is 1140. The topological polar surface area (TPSA) is 41.9 Å². The molecule has 2 aliphatic heterocycles. The average molecular weight is 496 g/mol. The van der Waals surface area contributed by atoms with Gasteiger partial charge in [-0.3, -0.25) is 9.29 Å². The number of phenols is 1. The number of allylic oxidation sites excluding steroid dienone is 3. The minimum atomic E-state index is -0.281. The van der Waals surface area contributed by atoms with E-state index < -0.39 is 0 Å². The van der Waals surface area contributed by atoms with Gasteiger partial charge in [0.2, 0.25) is 0 Å². The van der Waals surface area contributed by atoms with Crippen LogP contribution in [0.15, 0.2) is 59.9 Å². The molecule has 2 unspecified atom stereocenters. The summed E-state index contributed by atoms with van der Waals surface area (Å²) in [4.78, 5) is 2.30. The lowest BCUT2D eigenvalue weighted by atomic mass is 9.77. The standard InChI is InChI=1S/C30H35F2NO3/c1-19(33-14-13-21(16-31)17-33)18-35-26-10-5-23(6-11-26)30-29(22-3-7-24(32)8-4-22)20(2)27-15-25(34)9-12-28(27)36-30/h5-7,9-12,15,19,21-22,30,34H,3-4,8,13-14,16-18H2,1-2H3/t19-,21-,22?,30?/m0/s1. The van der Waals surface area contributed by atoms with Crippen molar-refractivity contribution in [2.24, 2.45) is 11.8 Å². The minimum Gasteiger partial charge on any atom is -0.508 e. The Morgan fingerprint density at radius 3 is 2.67 bits per heavy atom. The van der Waals surface area contributed by atoms with Crippen molar-refractivity contribution in [1.82, 2.24) is 4.90 Å². The summed E-state index contributed by atoms with van der Waals surface area (Å²) in [5.41, 5.74) is 4.14. The number of rotatable bonds is 7. The molecule has 0 bridgehead atoms. The summed E-state index contributed by atoms with van der Waals surface area (Å²) in [6.07, 6.45) is 4.15. The second kappa shape index (κ2) is 10.6. The Balaban J connectivity index is 1.34. The van der Waals surface area contributed by atoms with Crippen LogP contribution in [0.25, 0.3) is 5.57 Å². The van der Waals surface area contributed by atoms with Crippen molar-refractivity contribution in [3.63, 3.8) is 0 Å². The third-order valence-corrected chi connectivity index (χ3v) is 7.96. The molecule has 0 radical (unpaired) electrons. The summed E-state index contributed by atoms with van der Waals surface area (Å²) >= 11 is 0. The SMILES string of the molecule is CC1=C(C2CC=C(F)CC2)C(c2ccc(OC[C@H](C)N3CC[C@@H](CF)C3)cc2)Oc2ccc(O)cc21. The van der Waals surface area contributed by atoms with Crippen LogP contribution in [-0.2, 0) is 0 Å². The first-order valence-electron chi connectivity index (χ1n) is 13.0. The Hall–Kier alpha value is -2.86. The lowest BCUT2D eigenvalue weighted by Crippen LogP contribution is -2.35. The van der Waals surface area contributed by atoms with E-state index in [2.05, 4.69) is 18.7 Å². The second-order valence-corrected chi connectivity index (χ2v) is 10.4. The largest absolute Gasteiger partial charge is 0.508 e. The molecule has 3 aliphatic rings. The van der Waals surface area contributed by atoms with Crippen LogP contribution in [0.1, 0.15) is 56.8 Å². The molecule has 0 aromatic heterocycles. The summed E-state index contributed by atoms with van der Waals surface area (Å²) < 4.78 is 39.3. The number of aromatic hydroxyl groups is 1. The number of likely N-dealkylation sites (tertiary alicyclic amines) is 1. The Morgan fingerprint density at radius 2 is 1.97 bits per heavy atom. The molecule has 1 fully saturated rings. The van der Waals surface area contributed by atoms with Gasteiger partial charge in [-0.05, 0) is 99.0 Å². The van der Waals surface area contributed by atoms with Crippen molar-refractivity contribution in [3.05, 3.63) is 71.1 Å². The molecule has 0 amide bonds. The molecule has 6 heteroatoms. The van der Waals surface area contributed by atoms with Gasteiger partial charge in [-0.15, -0.1) is 0 Å². The van der Waals surface area contributed by atoms with Gasteiger partial charge in [-0.2, -0.15) is 0 Å². The number of hydrogen-bond acceptors (Lipinski definition) is 4. The fourth-order valence-electron chi connectivity index (χ4n) is 5.76. The van der Waals surface area contributed by atoms with E-state index in [1.807, 2.05) is 30.3 Å². The van der Waals surface area contributed by atoms with Crippen molar-refractivity contribution < 1.29 is 23.4 Å². The summed E-state index contributed by atoms with van der Waals surface area (Å²) in [7, 11) is 0. The molecule has 0 saturated carbocycles. The predicted molar refractivity (Wildman–Crippen MR) is 138 cm³/mol. The van der Waals surface area contributed by atoms with E-state index in [0.29, 0.717) is 19.4 Å². The molecular formula is C30H35F2NO3. The van der Waals surface area contributed by atoms with Crippen LogP contribution in [0, 0.1) is 11.8 Å². The quantitative estimate of drug-likeness (QED) is 0.449. The summed E-state index contributed by atoms with van der Waals surface area (Å²) in [6, 6.07) is 13.4. The number of halogens is 2. The maximum absolute atomic E-state index is 13.8. The van der Waals surface area contributed by atoms with Crippen LogP contribution in [-0.4, -0.2) is 42.4 Å². The maximum Gasteiger partial charge on any atom is 0.146 e. The summed E-state index contributed by atoms with van der Waals surface area (Å²) in [6.45, 7) is 6.23. The van der Waals surface area contributed by atoms with Crippen LogP contribution in [0.4, 0.5) is 8.78 Å². The van der Waals surface area contributed by atoms with Gasteiger partial charge >= 0.3 is 0 Å². The smallest absolute Gasteiger partial charge is 0.146 e. The van der Waals surface area contributed by atoms with E-state index in [9.17, 15) is 13.9 Å². The third kappa shape index (κ3) is 5.15. The van der Waals surface area contributed by atoms with Crippen LogP contribution in [0.5, 0.6) is 17.2 Å². The number of nitrogens with zero attached hydrogens (tertiary/aromatic N) is 1. The zero-order valence-corrected chi connectivity index (χ0v) is 21.1. The first kappa shape index (κ1) is 24.8. The van der Waals surface area contributed by atoms with Crippen molar-refractivity contribution in [2.45, 2.75) is 51.7 Å². The molecule has 192 valence electrons. The summed E-state index contributed by atoms with van der Waals surface area (Å²) in [5, 5.41) is 10.1. The molecule has 1 N–H and O–H groups in total. The van der Waals surface area contributed by atoms with Crippen molar-refractivity contribution in [2.75, 3.05) is 26.4 Å². The Labute approximate surface area is 212 Å². The van der Waals surface area contributed by atoms with E-state index in [4.69, 9.17) is 9.47 Å². The van der Waals surface area contributed by atoms with Gasteiger partial charge in [0.05, 0.1) is 12.5 Å². The molecule has 2 heterocycles. The molecule has 36 heavy (non-hydrogen) atoms. The predicted octanol–water partition coefficient (Wildman–Crippen LogP) is 7.01. The van der Waals surface area contributed by atoms with Gasteiger partial charge in [0.15, 0.2) is 0 Å². The first-order valence-corrected chi connectivity index (χ1v) is 13.0. The van der Waals surface area contributed by atoms with Gasteiger partial charge < -0.3 is 14.6 Å². The van der Waals surface area contributed by atoms with Crippen LogP contribution in [0.2, 0.25) is 0 Å². The zero-order valence-electron chi connectivity index (χ0n) is 21.1. The zero-order chi connectivity index (χ0) is 25.2. The van der Waals surface area contributed by atoms with Gasteiger partial charge in [0, 0.05) is 24.1 Å². The van der Waals surface area contributed by atoms with Gasteiger partial charge in [0.25, 0.3) is 0 Å². The lowest BCUT2D eigenvalue weighted by Gasteiger charge is -2.35. The number of ether oxygens (including phenoxy) is 2. The van der Waals surface area contributed by atoms with E-state index in [-0.39, 0.29) is 42.2 Å². The fraction of sp³-hybridized carbons (Fsp3) is 0.467. The molecule has 2 aromatic rings. The highest BCUT2D eigenvalue weighted by Crippen LogP contribution is 2.48. The van der Waals surface area contributed by atoms with Crippen molar-refractivity contribution in [1.29, 1.82) is 0 Å². The Morgan fingerprint density at radius 1 is 1.17 bits per heavy atom. The number of fused-ring (bicyclic) bond motifs is 1. The number of benzene rings is 2. The van der Waals surface area contributed by atoms with Crippen molar-refractivity contribution in [3.8, 4) is 17.2 Å². The van der Waals surface area contributed by atoms with Gasteiger partial charge in [-0.25, -0.2) is 4.39 Å².